The number of nitrogens with one attached hydrogen (secondary N) is 1. The van der Waals surface area contributed by atoms with Crippen LogP contribution in [0.3, 0.4) is 0 Å². The summed E-state index contributed by atoms with van der Waals surface area (Å²) in [5.74, 6) is -0.560. The SMILES string of the molecule is O=C(Cc1ccccc1)Nc1ccc(Br)c(F)c1. The molecule has 2 aromatic carbocycles. The monoisotopic (exact) mass is 307 g/mol. The van der Waals surface area contributed by atoms with E-state index in [4.69, 9.17) is 0 Å². The molecule has 0 heterocycles. The molecule has 1 amide bonds. The average Bonchev–Trinajstić information content (AvgIpc) is 2.35. The van der Waals surface area contributed by atoms with Gasteiger partial charge in [-0.25, -0.2) is 4.39 Å². The lowest BCUT2D eigenvalue weighted by atomic mass is 10.1. The number of hydrogen-bond donors (Lipinski definition) is 1. The minimum absolute atomic E-state index is 0.164. The maximum atomic E-state index is 13.3. The first-order valence-corrected chi connectivity index (χ1v) is 6.23. The first-order valence-electron chi connectivity index (χ1n) is 5.44. The standard InChI is InChI=1S/C14H11BrFNO/c15-12-7-6-11(9-13(12)16)17-14(18)8-10-4-2-1-3-5-10/h1-7,9H,8H2,(H,17,18). The van der Waals surface area contributed by atoms with Gasteiger partial charge in [0.1, 0.15) is 5.82 Å². The van der Waals surface area contributed by atoms with Crippen molar-refractivity contribution in [1.29, 1.82) is 0 Å². The molecule has 0 bridgehead atoms. The van der Waals surface area contributed by atoms with Gasteiger partial charge in [-0.15, -0.1) is 0 Å². The Kier molecular flexibility index (Phi) is 4.10. The Morgan fingerprint density at radius 3 is 2.56 bits per heavy atom. The third kappa shape index (κ3) is 3.40. The van der Waals surface area contributed by atoms with Crippen molar-refractivity contribution in [2.24, 2.45) is 0 Å². The summed E-state index contributed by atoms with van der Waals surface area (Å²) >= 11 is 3.06. The molecule has 2 nitrogen and oxygen atoms in total. The minimum Gasteiger partial charge on any atom is -0.326 e. The van der Waals surface area contributed by atoms with Crippen LogP contribution in [0.4, 0.5) is 10.1 Å². The number of carbonyl (C=O) groups is 1. The van der Waals surface area contributed by atoms with Gasteiger partial charge in [-0.05, 0) is 39.7 Å². The van der Waals surface area contributed by atoms with Crippen molar-refractivity contribution < 1.29 is 9.18 Å². The van der Waals surface area contributed by atoms with Crippen LogP contribution in [0.2, 0.25) is 0 Å². The summed E-state index contributed by atoms with van der Waals surface area (Å²) in [6.45, 7) is 0. The van der Waals surface area contributed by atoms with E-state index in [1.165, 1.54) is 6.07 Å². The fraction of sp³-hybridized carbons (Fsp3) is 0.0714. The molecule has 0 spiro atoms. The Hall–Kier alpha value is -1.68. The lowest BCUT2D eigenvalue weighted by molar-refractivity contribution is -0.115. The molecular weight excluding hydrogens is 297 g/mol. The molecule has 92 valence electrons. The molecule has 2 aromatic rings. The van der Waals surface area contributed by atoms with Crippen molar-refractivity contribution in [3.8, 4) is 0 Å². The van der Waals surface area contributed by atoms with Gasteiger partial charge in [0.25, 0.3) is 0 Å². The smallest absolute Gasteiger partial charge is 0.228 e. The van der Waals surface area contributed by atoms with E-state index in [1.54, 1.807) is 12.1 Å². The Balaban J connectivity index is 2.01. The Bertz CT molecular complexity index is 557. The van der Waals surface area contributed by atoms with Gasteiger partial charge in [-0.1, -0.05) is 30.3 Å². The maximum Gasteiger partial charge on any atom is 0.228 e. The van der Waals surface area contributed by atoms with E-state index in [2.05, 4.69) is 21.2 Å². The van der Waals surface area contributed by atoms with Crippen molar-refractivity contribution in [2.75, 3.05) is 5.32 Å². The van der Waals surface area contributed by atoms with Crippen LogP contribution in [0.1, 0.15) is 5.56 Å². The lowest BCUT2D eigenvalue weighted by Gasteiger charge is -2.06. The summed E-state index contributed by atoms with van der Waals surface area (Å²) in [6, 6.07) is 13.9. The normalized spacial score (nSPS) is 10.1. The number of amides is 1. The Labute approximate surface area is 113 Å². The van der Waals surface area contributed by atoms with Crippen LogP contribution in [0.15, 0.2) is 53.0 Å². The average molecular weight is 308 g/mol. The van der Waals surface area contributed by atoms with Gasteiger partial charge in [0.05, 0.1) is 10.9 Å². The van der Waals surface area contributed by atoms with Crippen molar-refractivity contribution in [3.63, 3.8) is 0 Å². The van der Waals surface area contributed by atoms with Crippen LogP contribution in [0.5, 0.6) is 0 Å². The highest BCUT2D eigenvalue weighted by molar-refractivity contribution is 9.10. The first kappa shape index (κ1) is 12.8. The molecule has 0 aliphatic heterocycles. The largest absolute Gasteiger partial charge is 0.326 e. The molecule has 0 saturated carbocycles. The van der Waals surface area contributed by atoms with Crippen molar-refractivity contribution in [1.82, 2.24) is 0 Å². The second kappa shape index (κ2) is 5.78. The Morgan fingerprint density at radius 2 is 1.89 bits per heavy atom. The second-order valence-corrected chi connectivity index (χ2v) is 4.69. The zero-order chi connectivity index (χ0) is 13.0. The summed E-state index contributed by atoms with van der Waals surface area (Å²) in [7, 11) is 0. The fourth-order valence-electron chi connectivity index (χ4n) is 1.56. The molecule has 0 aromatic heterocycles. The first-order chi connectivity index (χ1) is 8.65. The quantitative estimate of drug-likeness (QED) is 0.919. The molecule has 4 heteroatoms. The summed E-state index contributed by atoms with van der Waals surface area (Å²) in [5, 5.41) is 2.66. The highest BCUT2D eigenvalue weighted by atomic mass is 79.9. The fourth-order valence-corrected chi connectivity index (χ4v) is 1.81. The zero-order valence-electron chi connectivity index (χ0n) is 9.49. The van der Waals surface area contributed by atoms with Crippen LogP contribution < -0.4 is 5.32 Å². The minimum atomic E-state index is -0.396. The molecule has 0 fully saturated rings. The summed E-state index contributed by atoms with van der Waals surface area (Å²) in [6.07, 6.45) is 0.276. The van der Waals surface area contributed by atoms with Gasteiger partial charge in [0, 0.05) is 5.69 Å². The molecule has 0 aliphatic rings. The second-order valence-electron chi connectivity index (χ2n) is 3.84. The molecule has 0 unspecified atom stereocenters. The maximum absolute atomic E-state index is 13.3. The van der Waals surface area contributed by atoms with Gasteiger partial charge in [0.2, 0.25) is 5.91 Å². The van der Waals surface area contributed by atoms with Gasteiger partial charge in [-0.2, -0.15) is 0 Å². The summed E-state index contributed by atoms with van der Waals surface area (Å²) < 4.78 is 13.6. The molecule has 2 rings (SSSR count). The molecule has 18 heavy (non-hydrogen) atoms. The van der Waals surface area contributed by atoms with Crippen molar-refractivity contribution >= 4 is 27.5 Å². The van der Waals surface area contributed by atoms with E-state index in [0.29, 0.717) is 10.2 Å². The van der Waals surface area contributed by atoms with E-state index in [9.17, 15) is 9.18 Å². The zero-order valence-corrected chi connectivity index (χ0v) is 11.1. The van der Waals surface area contributed by atoms with Crippen LogP contribution in [-0.2, 0) is 11.2 Å². The highest BCUT2D eigenvalue weighted by Crippen LogP contribution is 2.19. The Morgan fingerprint density at radius 1 is 1.17 bits per heavy atom. The van der Waals surface area contributed by atoms with E-state index in [0.717, 1.165) is 5.56 Å². The molecule has 0 aliphatic carbocycles. The summed E-state index contributed by atoms with van der Waals surface area (Å²) in [5.41, 5.74) is 1.38. The third-order valence-corrected chi connectivity index (χ3v) is 3.05. The number of halogens is 2. The highest BCUT2D eigenvalue weighted by Gasteiger charge is 2.05. The number of carbonyl (C=O) groups excluding carboxylic acids is 1. The third-order valence-electron chi connectivity index (χ3n) is 2.41. The number of hydrogen-bond acceptors (Lipinski definition) is 1. The van der Waals surface area contributed by atoms with Gasteiger partial charge in [0.15, 0.2) is 0 Å². The molecular formula is C14H11BrFNO. The predicted molar refractivity (Wildman–Crippen MR) is 72.9 cm³/mol. The topological polar surface area (TPSA) is 29.1 Å². The molecule has 0 atom stereocenters. The van der Waals surface area contributed by atoms with Crippen LogP contribution >= 0.6 is 15.9 Å². The van der Waals surface area contributed by atoms with Crippen molar-refractivity contribution in [3.05, 3.63) is 64.4 Å². The van der Waals surface area contributed by atoms with Crippen LogP contribution in [0.25, 0.3) is 0 Å². The van der Waals surface area contributed by atoms with Crippen LogP contribution in [-0.4, -0.2) is 5.91 Å². The van der Waals surface area contributed by atoms with Crippen LogP contribution in [0, 0.1) is 5.82 Å². The van der Waals surface area contributed by atoms with Gasteiger partial charge in [-0.3, -0.25) is 4.79 Å². The van der Waals surface area contributed by atoms with Gasteiger partial charge < -0.3 is 5.32 Å². The number of anilines is 1. The molecule has 0 radical (unpaired) electrons. The summed E-state index contributed by atoms with van der Waals surface area (Å²) in [4.78, 5) is 11.7. The molecule has 0 saturated heterocycles. The van der Waals surface area contributed by atoms with E-state index in [-0.39, 0.29) is 12.3 Å². The van der Waals surface area contributed by atoms with E-state index in [1.807, 2.05) is 30.3 Å². The van der Waals surface area contributed by atoms with E-state index >= 15 is 0 Å². The molecule has 1 N–H and O–H groups in total. The van der Waals surface area contributed by atoms with Crippen molar-refractivity contribution in [2.45, 2.75) is 6.42 Å². The number of rotatable bonds is 3. The number of benzene rings is 2. The van der Waals surface area contributed by atoms with Gasteiger partial charge >= 0.3 is 0 Å². The lowest BCUT2D eigenvalue weighted by Crippen LogP contribution is -2.14. The predicted octanol–water partition coefficient (Wildman–Crippen LogP) is 3.77. The van der Waals surface area contributed by atoms with E-state index < -0.39 is 5.82 Å².